The van der Waals surface area contributed by atoms with E-state index in [1.54, 1.807) is 0 Å². The van der Waals surface area contributed by atoms with Gasteiger partial charge in [0, 0.05) is 24.9 Å². The van der Waals surface area contributed by atoms with Gasteiger partial charge >= 0.3 is 0 Å². The third kappa shape index (κ3) is 3.38. The van der Waals surface area contributed by atoms with Crippen LogP contribution in [0.5, 0.6) is 0 Å². The zero-order chi connectivity index (χ0) is 12.2. The van der Waals surface area contributed by atoms with E-state index in [0.29, 0.717) is 11.5 Å². The maximum Gasteiger partial charge on any atom is 0.0155 e. The van der Waals surface area contributed by atoms with E-state index in [1.807, 2.05) is 11.8 Å². The van der Waals surface area contributed by atoms with Gasteiger partial charge in [-0.2, -0.15) is 11.8 Å². The molecule has 1 aliphatic rings. The fraction of sp³-hybridized carbons (Fsp3) is 1.00. The van der Waals surface area contributed by atoms with Crippen LogP contribution in [0.1, 0.15) is 27.2 Å². The Morgan fingerprint density at radius 2 is 2.06 bits per heavy atom. The van der Waals surface area contributed by atoms with Crippen LogP contribution in [-0.4, -0.2) is 49.6 Å². The van der Waals surface area contributed by atoms with Gasteiger partial charge in [-0.15, -0.1) is 0 Å². The Kier molecular flexibility index (Phi) is 5.62. The van der Waals surface area contributed by atoms with E-state index in [1.165, 1.54) is 31.8 Å². The lowest BCUT2D eigenvalue weighted by Gasteiger charge is -2.38. The molecule has 0 aromatic rings. The molecule has 0 aromatic heterocycles. The lowest BCUT2D eigenvalue weighted by atomic mass is 9.76. The maximum atomic E-state index is 3.54. The standard InChI is InChI=1S/C13H28N2S/c1-11(2)13(6-7-14-9-13)10-15(4)12(3)8-16-5/h11-12,14H,6-10H2,1-5H3. The van der Waals surface area contributed by atoms with E-state index in [-0.39, 0.29) is 0 Å². The second-order valence-corrected chi connectivity index (χ2v) is 6.57. The average Bonchev–Trinajstić information content (AvgIpc) is 2.68. The summed E-state index contributed by atoms with van der Waals surface area (Å²) in [7, 11) is 2.28. The first-order chi connectivity index (χ1) is 7.52. The zero-order valence-corrected chi connectivity index (χ0v) is 12.4. The van der Waals surface area contributed by atoms with Crippen LogP contribution in [0.25, 0.3) is 0 Å². The predicted octanol–water partition coefficient (Wildman–Crippen LogP) is 2.31. The van der Waals surface area contributed by atoms with Gasteiger partial charge < -0.3 is 10.2 Å². The van der Waals surface area contributed by atoms with Gasteiger partial charge in [0.15, 0.2) is 0 Å². The fourth-order valence-corrected chi connectivity index (χ4v) is 3.33. The second-order valence-electron chi connectivity index (χ2n) is 5.66. The molecule has 1 aliphatic heterocycles. The Labute approximate surface area is 106 Å². The van der Waals surface area contributed by atoms with Gasteiger partial charge in [0.25, 0.3) is 0 Å². The molecule has 1 N–H and O–H groups in total. The molecule has 1 heterocycles. The minimum Gasteiger partial charge on any atom is -0.316 e. The molecule has 0 spiro atoms. The van der Waals surface area contributed by atoms with Crippen molar-refractivity contribution in [1.29, 1.82) is 0 Å². The highest BCUT2D eigenvalue weighted by molar-refractivity contribution is 7.98. The SMILES string of the molecule is CSCC(C)N(C)CC1(C(C)C)CCNC1. The predicted molar refractivity (Wildman–Crippen MR) is 75.2 cm³/mol. The summed E-state index contributed by atoms with van der Waals surface area (Å²) < 4.78 is 0. The van der Waals surface area contributed by atoms with E-state index in [4.69, 9.17) is 0 Å². The highest BCUT2D eigenvalue weighted by atomic mass is 32.2. The van der Waals surface area contributed by atoms with Crippen molar-refractivity contribution in [1.82, 2.24) is 10.2 Å². The van der Waals surface area contributed by atoms with E-state index in [2.05, 4.69) is 44.3 Å². The Morgan fingerprint density at radius 3 is 2.50 bits per heavy atom. The number of thioether (sulfide) groups is 1. The Balaban J connectivity index is 2.55. The van der Waals surface area contributed by atoms with Crippen molar-refractivity contribution < 1.29 is 0 Å². The molecule has 0 aliphatic carbocycles. The van der Waals surface area contributed by atoms with Crippen LogP contribution in [0.2, 0.25) is 0 Å². The first-order valence-corrected chi connectivity index (χ1v) is 7.81. The van der Waals surface area contributed by atoms with Crippen LogP contribution in [0.3, 0.4) is 0 Å². The summed E-state index contributed by atoms with van der Waals surface area (Å²) in [5.74, 6) is 2.00. The van der Waals surface area contributed by atoms with Crippen LogP contribution in [0.15, 0.2) is 0 Å². The molecule has 2 unspecified atom stereocenters. The van der Waals surface area contributed by atoms with Crippen molar-refractivity contribution in [2.75, 3.05) is 38.7 Å². The van der Waals surface area contributed by atoms with Crippen molar-refractivity contribution in [2.24, 2.45) is 11.3 Å². The van der Waals surface area contributed by atoms with Gasteiger partial charge in [0.05, 0.1) is 0 Å². The topological polar surface area (TPSA) is 15.3 Å². The van der Waals surface area contributed by atoms with Crippen LogP contribution in [0, 0.1) is 11.3 Å². The molecule has 2 nitrogen and oxygen atoms in total. The monoisotopic (exact) mass is 244 g/mol. The van der Waals surface area contributed by atoms with Crippen LogP contribution >= 0.6 is 11.8 Å². The fourth-order valence-electron chi connectivity index (χ4n) is 2.59. The molecule has 16 heavy (non-hydrogen) atoms. The first-order valence-electron chi connectivity index (χ1n) is 6.42. The minimum absolute atomic E-state index is 0.501. The Hall–Kier alpha value is 0.270. The van der Waals surface area contributed by atoms with Gasteiger partial charge in [-0.25, -0.2) is 0 Å². The zero-order valence-electron chi connectivity index (χ0n) is 11.5. The number of nitrogens with zero attached hydrogens (tertiary/aromatic N) is 1. The molecular weight excluding hydrogens is 216 g/mol. The number of rotatable bonds is 6. The quantitative estimate of drug-likeness (QED) is 0.772. The lowest BCUT2D eigenvalue weighted by Crippen LogP contribution is -2.45. The Morgan fingerprint density at radius 1 is 1.38 bits per heavy atom. The molecule has 0 bridgehead atoms. The van der Waals surface area contributed by atoms with Crippen molar-refractivity contribution in [2.45, 2.75) is 33.2 Å². The molecule has 1 fully saturated rings. The number of hydrogen-bond acceptors (Lipinski definition) is 3. The molecule has 3 heteroatoms. The average molecular weight is 244 g/mol. The van der Waals surface area contributed by atoms with Crippen LogP contribution < -0.4 is 5.32 Å². The van der Waals surface area contributed by atoms with E-state index in [9.17, 15) is 0 Å². The molecule has 1 rings (SSSR count). The highest BCUT2D eigenvalue weighted by Gasteiger charge is 2.38. The van der Waals surface area contributed by atoms with Crippen LogP contribution in [0.4, 0.5) is 0 Å². The highest BCUT2D eigenvalue weighted by Crippen LogP contribution is 2.35. The molecule has 0 radical (unpaired) electrons. The molecule has 1 saturated heterocycles. The Bertz CT molecular complexity index is 200. The third-order valence-electron chi connectivity index (χ3n) is 4.23. The minimum atomic E-state index is 0.501. The second kappa shape index (κ2) is 6.27. The molecule has 96 valence electrons. The smallest absolute Gasteiger partial charge is 0.0155 e. The van der Waals surface area contributed by atoms with Gasteiger partial charge in [0.2, 0.25) is 0 Å². The maximum absolute atomic E-state index is 3.54. The van der Waals surface area contributed by atoms with Crippen LogP contribution in [-0.2, 0) is 0 Å². The lowest BCUT2D eigenvalue weighted by molar-refractivity contribution is 0.118. The van der Waals surface area contributed by atoms with Gasteiger partial charge in [-0.1, -0.05) is 13.8 Å². The largest absolute Gasteiger partial charge is 0.316 e. The third-order valence-corrected chi connectivity index (χ3v) is 5.04. The molecule has 0 saturated carbocycles. The van der Waals surface area contributed by atoms with Crippen molar-refractivity contribution in [3.05, 3.63) is 0 Å². The summed E-state index contributed by atoms with van der Waals surface area (Å²) in [5.41, 5.74) is 0.501. The summed E-state index contributed by atoms with van der Waals surface area (Å²) in [6.45, 7) is 10.7. The summed E-state index contributed by atoms with van der Waals surface area (Å²) >= 11 is 1.95. The summed E-state index contributed by atoms with van der Waals surface area (Å²) in [5, 5.41) is 3.54. The number of nitrogens with one attached hydrogen (secondary N) is 1. The molecule has 0 amide bonds. The summed E-state index contributed by atoms with van der Waals surface area (Å²) in [6, 6.07) is 0.686. The van der Waals surface area contributed by atoms with E-state index >= 15 is 0 Å². The van der Waals surface area contributed by atoms with Gasteiger partial charge in [0.1, 0.15) is 0 Å². The van der Waals surface area contributed by atoms with E-state index < -0.39 is 0 Å². The van der Waals surface area contributed by atoms with Crippen molar-refractivity contribution in [3.63, 3.8) is 0 Å². The molecule has 2 atom stereocenters. The van der Waals surface area contributed by atoms with Gasteiger partial charge in [-0.05, 0) is 44.5 Å². The normalized spacial score (nSPS) is 27.9. The van der Waals surface area contributed by atoms with Crippen molar-refractivity contribution >= 4 is 11.8 Å². The molecule has 0 aromatic carbocycles. The summed E-state index contributed by atoms with van der Waals surface area (Å²) in [6.07, 6.45) is 3.53. The van der Waals surface area contributed by atoms with Crippen molar-refractivity contribution in [3.8, 4) is 0 Å². The number of hydrogen-bond donors (Lipinski definition) is 1. The molecular formula is C13H28N2S. The summed E-state index contributed by atoms with van der Waals surface area (Å²) in [4.78, 5) is 2.55. The first kappa shape index (κ1) is 14.3. The van der Waals surface area contributed by atoms with Gasteiger partial charge in [-0.3, -0.25) is 0 Å². The van der Waals surface area contributed by atoms with E-state index in [0.717, 1.165) is 5.92 Å².